The quantitative estimate of drug-likeness (QED) is 0.690. The number of halogens is 1. The predicted octanol–water partition coefficient (Wildman–Crippen LogP) is 1.36. The third-order valence-corrected chi connectivity index (χ3v) is 4.11. The van der Waals surface area contributed by atoms with E-state index in [9.17, 15) is 13.5 Å². The summed E-state index contributed by atoms with van der Waals surface area (Å²) in [5, 5.41) is 9.79. The van der Waals surface area contributed by atoms with E-state index in [1.54, 1.807) is 0 Å². The highest BCUT2D eigenvalue weighted by molar-refractivity contribution is 7.89. The maximum absolute atomic E-state index is 12.0. The SMILES string of the molecule is CCCC(O)CNS(=O)(=O)c1cc(Cl)ccc1N. The average molecular weight is 293 g/mol. The highest BCUT2D eigenvalue weighted by atomic mass is 35.5. The molecule has 0 fully saturated rings. The number of aliphatic hydroxyl groups is 1. The number of hydrogen-bond acceptors (Lipinski definition) is 4. The molecule has 18 heavy (non-hydrogen) atoms. The molecule has 1 aromatic rings. The van der Waals surface area contributed by atoms with Crippen molar-refractivity contribution in [2.45, 2.75) is 30.8 Å². The molecule has 4 N–H and O–H groups in total. The normalized spacial score (nSPS) is 13.5. The summed E-state index contributed by atoms with van der Waals surface area (Å²) in [6, 6.07) is 4.23. The van der Waals surface area contributed by atoms with Gasteiger partial charge in [0.25, 0.3) is 0 Å². The predicted molar refractivity (Wildman–Crippen MR) is 72.0 cm³/mol. The zero-order valence-electron chi connectivity index (χ0n) is 10.1. The largest absolute Gasteiger partial charge is 0.398 e. The van der Waals surface area contributed by atoms with Crippen molar-refractivity contribution in [3.8, 4) is 0 Å². The van der Waals surface area contributed by atoms with Gasteiger partial charge in [0.15, 0.2) is 0 Å². The van der Waals surface area contributed by atoms with Gasteiger partial charge >= 0.3 is 0 Å². The number of nitrogen functional groups attached to an aromatic ring is 1. The molecule has 0 saturated heterocycles. The van der Waals surface area contributed by atoms with Crippen molar-refractivity contribution in [2.75, 3.05) is 12.3 Å². The third-order valence-electron chi connectivity index (χ3n) is 2.40. The van der Waals surface area contributed by atoms with Gasteiger partial charge in [-0.15, -0.1) is 0 Å². The van der Waals surface area contributed by atoms with Gasteiger partial charge in [-0.25, -0.2) is 13.1 Å². The topological polar surface area (TPSA) is 92.4 Å². The second kappa shape index (κ2) is 6.38. The van der Waals surface area contributed by atoms with E-state index in [-0.39, 0.29) is 17.1 Å². The van der Waals surface area contributed by atoms with E-state index < -0.39 is 16.1 Å². The Morgan fingerprint density at radius 2 is 2.17 bits per heavy atom. The minimum absolute atomic E-state index is 0.0396. The number of anilines is 1. The molecule has 1 aromatic carbocycles. The van der Waals surface area contributed by atoms with E-state index in [1.807, 2.05) is 6.92 Å². The molecule has 0 aliphatic carbocycles. The van der Waals surface area contributed by atoms with Crippen LogP contribution in [0.3, 0.4) is 0 Å². The van der Waals surface area contributed by atoms with Gasteiger partial charge in [-0.05, 0) is 24.6 Å². The van der Waals surface area contributed by atoms with Gasteiger partial charge in [-0.3, -0.25) is 0 Å². The van der Waals surface area contributed by atoms with Crippen LogP contribution in [0.5, 0.6) is 0 Å². The number of rotatable bonds is 6. The maximum Gasteiger partial charge on any atom is 0.242 e. The minimum Gasteiger partial charge on any atom is -0.398 e. The van der Waals surface area contributed by atoms with Crippen molar-refractivity contribution < 1.29 is 13.5 Å². The lowest BCUT2D eigenvalue weighted by molar-refractivity contribution is 0.167. The van der Waals surface area contributed by atoms with Crippen molar-refractivity contribution >= 4 is 27.3 Å². The maximum atomic E-state index is 12.0. The van der Waals surface area contributed by atoms with Gasteiger partial charge in [0, 0.05) is 11.6 Å². The summed E-state index contributed by atoms with van der Waals surface area (Å²) in [5.74, 6) is 0. The molecule has 0 aliphatic heterocycles. The van der Waals surface area contributed by atoms with Crippen molar-refractivity contribution in [1.29, 1.82) is 0 Å². The first-order valence-corrected chi connectivity index (χ1v) is 7.45. The summed E-state index contributed by atoms with van der Waals surface area (Å²) >= 11 is 5.74. The molecule has 0 radical (unpaired) electrons. The van der Waals surface area contributed by atoms with Crippen LogP contribution in [0.15, 0.2) is 23.1 Å². The summed E-state index contributed by atoms with van der Waals surface area (Å²) in [7, 11) is -3.75. The Labute approximate surface area is 112 Å². The smallest absolute Gasteiger partial charge is 0.242 e. The standard InChI is InChI=1S/C11H17ClN2O3S/c1-2-3-9(15)7-14-18(16,17)11-6-8(12)4-5-10(11)13/h4-6,9,14-15H,2-3,7,13H2,1H3. The fourth-order valence-electron chi connectivity index (χ4n) is 1.46. The van der Waals surface area contributed by atoms with Gasteiger partial charge < -0.3 is 10.8 Å². The molecule has 102 valence electrons. The zero-order chi connectivity index (χ0) is 13.8. The van der Waals surface area contributed by atoms with E-state index in [4.69, 9.17) is 17.3 Å². The van der Waals surface area contributed by atoms with E-state index in [0.717, 1.165) is 6.42 Å². The van der Waals surface area contributed by atoms with Crippen LogP contribution in [-0.4, -0.2) is 26.2 Å². The molecule has 0 aromatic heterocycles. The summed E-state index contributed by atoms with van der Waals surface area (Å²) in [4.78, 5) is -0.0706. The first kappa shape index (κ1) is 15.2. The van der Waals surface area contributed by atoms with Crippen molar-refractivity contribution in [1.82, 2.24) is 4.72 Å². The number of aliphatic hydroxyl groups excluding tert-OH is 1. The Hall–Kier alpha value is -0.820. The minimum atomic E-state index is -3.75. The van der Waals surface area contributed by atoms with Crippen molar-refractivity contribution in [3.05, 3.63) is 23.2 Å². The molecule has 1 atom stereocenters. The Bertz CT molecular complexity index is 505. The summed E-state index contributed by atoms with van der Waals surface area (Å²) in [6.07, 6.45) is 0.612. The van der Waals surface area contributed by atoms with Crippen LogP contribution < -0.4 is 10.5 Å². The molecule has 0 aliphatic rings. The third kappa shape index (κ3) is 4.13. The van der Waals surface area contributed by atoms with Crippen LogP contribution in [0, 0.1) is 0 Å². The Balaban J connectivity index is 2.83. The van der Waals surface area contributed by atoms with Gasteiger partial charge in [0.05, 0.1) is 11.8 Å². The second-order valence-electron chi connectivity index (χ2n) is 3.98. The molecule has 1 rings (SSSR count). The first-order chi connectivity index (χ1) is 8.36. The molecule has 7 heteroatoms. The van der Waals surface area contributed by atoms with E-state index in [1.165, 1.54) is 18.2 Å². The molecule has 5 nitrogen and oxygen atoms in total. The average Bonchev–Trinajstić information content (AvgIpc) is 2.30. The fraction of sp³-hybridized carbons (Fsp3) is 0.455. The van der Waals surface area contributed by atoms with Crippen LogP contribution in [-0.2, 0) is 10.0 Å². The van der Waals surface area contributed by atoms with Crippen molar-refractivity contribution in [2.24, 2.45) is 0 Å². The van der Waals surface area contributed by atoms with Crippen LogP contribution in [0.2, 0.25) is 5.02 Å². The number of nitrogens with two attached hydrogens (primary N) is 1. The van der Waals surface area contributed by atoms with Crippen LogP contribution in [0.1, 0.15) is 19.8 Å². The van der Waals surface area contributed by atoms with E-state index in [0.29, 0.717) is 11.4 Å². The van der Waals surface area contributed by atoms with E-state index >= 15 is 0 Å². The number of sulfonamides is 1. The van der Waals surface area contributed by atoms with Crippen molar-refractivity contribution in [3.63, 3.8) is 0 Å². The lowest BCUT2D eigenvalue weighted by Gasteiger charge is -2.12. The van der Waals surface area contributed by atoms with Gasteiger partial charge in [-0.2, -0.15) is 0 Å². The molecule has 0 heterocycles. The van der Waals surface area contributed by atoms with Crippen LogP contribution in [0.4, 0.5) is 5.69 Å². The van der Waals surface area contributed by atoms with E-state index in [2.05, 4.69) is 4.72 Å². The summed E-state index contributed by atoms with van der Waals surface area (Å²) < 4.78 is 26.2. The second-order valence-corrected chi connectivity index (χ2v) is 6.15. The molecular formula is C11H17ClN2O3S. The van der Waals surface area contributed by atoms with Gasteiger partial charge in [0.1, 0.15) is 4.90 Å². The lowest BCUT2D eigenvalue weighted by atomic mass is 10.2. The first-order valence-electron chi connectivity index (χ1n) is 5.59. The molecular weight excluding hydrogens is 276 g/mol. The highest BCUT2D eigenvalue weighted by Crippen LogP contribution is 2.22. The van der Waals surface area contributed by atoms with Crippen LogP contribution >= 0.6 is 11.6 Å². The summed E-state index contributed by atoms with van der Waals surface area (Å²) in [6.45, 7) is 1.87. The molecule has 0 spiro atoms. The molecule has 0 saturated carbocycles. The summed E-state index contributed by atoms with van der Waals surface area (Å²) in [5.41, 5.74) is 5.72. The molecule has 0 bridgehead atoms. The number of nitrogens with one attached hydrogen (secondary N) is 1. The highest BCUT2D eigenvalue weighted by Gasteiger charge is 2.18. The Morgan fingerprint density at radius 1 is 1.50 bits per heavy atom. The van der Waals surface area contributed by atoms with Gasteiger partial charge in [0.2, 0.25) is 10.0 Å². The Morgan fingerprint density at radius 3 is 2.78 bits per heavy atom. The van der Waals surface area contributed by atoms with Crippen LogP contribution in [0.25, 0.3) is 0 Å². The monoisotopic (exact) mass is 292 g/mol. The Kier molecular flexibility index (Phi) is 5.40. The number of benzene rings is 1. The molecule has 1 unspecified atom stereocenters. The lowest BCUT2D eigenvalue weighted by Crippen LogP contribution is -2.32. The number of hydrogen-bond donors (Lipinski definition) is 3. The molecule has 0 amide bonds. The zero-order valence-corrected chi connectivity index (χ0v) is 11.6. The van der Waals surface area contributed by atoms with Gasteiger partial charge in [-0.1, -0.05) is 24.9 Å². The fourth-order valence-corrected chi connectivity index (χ4v) is 2.92.